The van der Waals surface area contributed by atoms with E-state index in [9.17, 15) is 31.9 Å². The van der Waals surface area contributed by atoms with Gasteiger partial charge in [-0.25, -0.2) is 22.0 Å². The van der Waals surface area contributed by atoms with Gasteiger partial charge in [0.2, 0.25) is 11.7 Å². The van der Waals surface area contributed by atoms with E-state index in [1.165, 1.54) is 4.57 Å². The Labute approximate surface area is 177 Å². The highest BCUT2D eigenvalue weighted by Gasteiger charge is 2.30. The number of aromatic nitrogens is 1. The van der Waals surface area contributed by atoms with E-state index in [2.05, 4.69) is 10.2 Å². The molecule has 0 atom stereocenters. The number of para-hydroxylation sites is 1. The molecule has 1 aliphatic heterocycles. The van der Waals surface area contributed by atoms with E-state index in [0.29, 0.717) is 37.2 Å². The summed E-state index contributed by atoms with van der Waals surface area (Å²) in [6.07, 6.45) is 0. The highest BCUT2D eigenvalue weighted by atomic mass is 19.2. The van der Waals surface area contributed by atoms with Gasteiger partial charge in [0.05, 0.1) is 25.4 Å². The number of amides is 1. The fourth-order valence-electron chi connectivity index (χ4n) is 3.39. The van der Waals surface area contributed by atoms with Gasteiger partial charge in [-0.2, -0.15) is 0 Å². The van der Waals surface area contributed by atoms with Crippen LogP contribution in [0, 0.1) is 29.1 Å². The number of morpholine rings is 1. The van der Waals surface area contributed by atoms with E-state index in [0.717, 1.165) is 0 Å². The number of rotatable bonds is 4. The van der Waals surface area contributed by atoms with E-state index in [1.807, 2.05) is 4.90 Å². The van der Waals surface area contributed by atoms with E-state index < -0.39 is 40.6 Å². The van der Waals surface area contributed by atoms with Crippen LogP contribution in [0.1, 0.15) is 10.4 Å². The lowest BCUT2D eigenvalue weighted by Crippen LogP contribution is -2.37. The monoisotopic (exact) mass is 454 g/mol. The standard InChI is InChI=1S/C20H15F5N4O3/c21-13-12(14(22)16(24)17(25)15(13)23)19(30)27-26-18-10-3-1-2-4-11(10)29(20(18)31)9-28-5-7-32-8-6-28/h1-4,31H,5-9H2. The Kier molecular flexibility index (Phi) is 5.89. The van der Waals surface area contributed by atoms with Gasteiger partial charge in [0, 0.05) is 18.5 Å². The van der Waals surface area contributed by atoms with Crippen LogP contribution in [0.25, 0.3) is 10.9 Å². The molecule has 0 saturated carbocycles. The van der Waals surface area contributed by atoms with Gasteiger partial charge in [-0.1, -0.05) is 18.2 Å². The fraction of sp³-hybridized carbons (Fsp3) is 0.250. The van der Waals surface area contributed by atoms with Gasteiger partial charge in [-0.3, -0.25) is 14.3 Å². The summed E-state index contributed by atoms with van der Waals surface area (Å²) in [5.74, 6) is -13.7. The molecule has 0 radical (unpaired) electrons. The van der Waals surface area contributed by atoms with Crippen molar-refractivity contribution in [3.8, 4) is 5.88 Å². The number of hydrogen-bond acceptors (Lipinski definition) is 5. The van der Waals surface area contributed by atoms with Crippen LogP contribution >= 0.6 is 0 Å². The molecule has 0 unspecified atom stereocenters. The molecule has 168 valence electrons. The lowest BCUT2D eigenvalue weighted by atomic mass is 10.1. The molecule has 1 N–H and O–H groups in total. The maximum Gasteiger partial charge on any atom is 0.301 e. The quantitative estimate of drug-likeness (QED) is 0.277. The highest BCUT2D eigenvalue weighted by Crippen LogP contribution is 2.39. The molecule has 4 rings (SSSR count). The SMILES string of the molecule is O=C(N=Nc1c(O)n(CN2CCOCC2)c2ccccc12)c1c(F)c(F)c(F)c(F)c1F. The topological polar surface area (TPSA) is 79.4 Å². The molecule has 32 heavy (non-hydrogen) atoms. The molecule has 0 aliphatic carbocycles. The highest BCUT2D eigenvalue weighted by molar-refractivity contribution is 5.97. The Morgan fingerprint density at radius 3 is 2.22 bits per heavy atom. The molecule has 2 heterocycles. The first-order chi connectivity index (χ1) is 15.3. The summed E-state index contributed by atoms with van der Waals surface area (Å²) in [4.78, 5) is 14.1. The van der Waals surface area contributed by atoms with Crippen molar-refractivity contribution in [3.63, 3.8) is 0 Å². The molecule has 2 aromatic carbocycles. The number of benzene rings is 2. The summed E-state index contributed by atoms with van der Waals surface area (Å²) in [5.41, 5.74) is -1.39. The fourth-order valence-corrected chi connectivity index (χ4v) is 3.39. The molecule has 3 aromatic rings. The van der Waals surface area contributed by atoms with E-state index in [-0.39, 0.29) is 18.2 Å². The van der Waals surface area contributed by atoms with Gasteiger partial charge in [-0.05, 0) is 6.07 Å². The Morgan fingerprint density at radius 2 is 1.56 bits per heavy atom. The van der Waals surface area contributed by atoms with Crippen molar-refractivity contribution in [1.82, 2.24) is 9.47 Å². The van der Waals surface area contributed by atoms with Crippen molar-refractivity contribution in [3.05, 3.63) is 58.9 Å². The van der Waals surface area contributed by atoms with Crippen molar-refractivity contribution >= 4 is 22.5 Å². The van der Waals surface area contributed by atoms with Gasteiger partial charge >= 0.3 is 5.91 Å². The van der Waals surface area contributed by atoms with Gasteiger partial charge in [-0.15, -0.1) is 10.2 Å². The largest absolute Gasteiger partial charge is 0.493 e. The minimum atomic E-state index is -2.39. The molecule has 1 amide bonds. The third-order valence-electron chi connectivity index (χ3n) is 5.03. The summed E-state index contributed by atoms with van der Waals surface area (Å²) < 4.78 is 74.5. The second kappa shape index (κ2) is 8.63. The minimum Gasteiger partial charge on any atom is -0.493 e. The van der Waals surface area contributed by atoms with Crippen LogP contribution in [0.15, 0.2) is 34.5 Å². The van der Waals surface area contributed by atoms with Crippen LogP contribution < -0.4 is 0 Å². The number of carbonyl (C=O) groups is 1. The molecule has 1 aromatic heterocycles. The normalized spacial score (nSPS) is 15.2. The van der Waals surface area contributed by atoms with Crippen LogP contribution in [0.5, 0.6) is 5.88 Å². The predicted molar refractivity (Wildman–Crippen MR) is 101 cm³/mol. The summed E-state index contributed by atoms with van der Waals surface area (Å²) in [6.45, 7) is 2.52. The van der Waals surface area contributed by atoms with Crippen molar-refractivity contribution in [2.45, 2.75) is 6.67 Å². The third-order valence-corrected chi connectivity index (χ3v) is 5.03. The number of carbonyl (C=O) groups excluding carboxylic acids is 1. The van der Waals surface area contributed by atoms with Crippen molar-refractivity contribution < 1.29 is 36.6 Å². The lowest BCUT2D eigenvalue weighted by Gasteiger charge is -2.27. The van der Waals surface area contributed by atoms with Crippen LogP contribution in [0.2, 0.25) is 0 Å². The van der Waals surface area contributed by atoms with E-state index in [1.54, 1.807) is 24.3 Å². The number of nitrogens with zero attached hydrogens (tertiary/aromatic N) is 4. The lowest BCUT2D eigenvalue weighted by molar-refractivity contribution is 0.0231. The number of ether oxygens (including phenoxy) is 1. The molecule has 0 bridgehead atoms. The minimum absolute atomic E-state index is 0.189. The smallest absolute Gasteiger partial charge is 0.301 e. The summed E-state index contributed by atoms with van der Waals surface area (Å²) >= 11 is 0. The first-order valence-electron chi connectivity index (χ1n) is 9.39. The van der Waals surface area contributed by atoms with E-state index in [4.69, 9.17) is 4.74 Å². The van der Waals surface area contributed by atoms with Crippen molar-refractivity contribution in [1.29, 1.82) is 0 Å². The molecular formula is C20H15F5N4O3. The Bertz CT molecular complexity index is 1210. The molecule has 0 spiro atoms. The zero-order chi connectivity index (χ0) is 23.0. The number of fused-ring (bicyclic) bond motifs is 1. The number of aromatic hydroxyl groups is 1. The van der Waals surface area contributed by atoms with Crippen LogP contribution in [-0.2, 0) is 11.4 Å². The maximum atomic E-state index is 13.9. The van der Waals surface area contributed by atoms with Gasteiger partial charge < -0.3 is 9.84 Å². The Morgan fingerprint density at radius 1 is 0.969 bits per heavy atom. The average Bonchev–Trinajstić information content (AvgIpc) is 3.06. The second-order valence-corrected chi connectivity index (χ2v) is 6.94. The van der Waals surface area contributed by atoms with Gasteiger partial charge in [0.1, 0.15) is 5.56 Å². The molecule has 1 fully saturated rings. The van der Waals surface area contributed by atoms with Crippen molar-refractivity contribution in [2.75, 3.05) is 26.3 Å². The molecule has 1 aliphatic rings. The first kappa shape index (κ1) is 21.8. The molecule has 1 saturated heterocycles. The zero-order valence-electron chi connectivity index (χ0n) is 16.3. The number of azo groups is 1. The first-order valence-corrected chi connectivity index (χ1v) is 9.39. The van der Waals surface area contributed by atoms with Gasteiger partial charge in [0.25, 0.3) is 0 Å². The summed E-state index contributed by atoms with van der Waals surface area (Å²) in [5, 5.41) is 17.7. The number of halogens is 5. The molecule has 12 heteroatoms. The Hall–Kier alpha value is -3.38. The second-order valence-electron chi connectivity index (χ2n) is 6.94. The predicted octanol–water partition coefficient (Wildman–Crippen LogP) is 4.26. The van der Waals surface area contributed by atoms with Crippen molar-refractivity contribution in [2.24, 2.45) is 10.2 Å². The maximum absolute atomic E-state index is 13.9. The summed E-state index contributed by atoms with van der Waals surface area (Å²) in [7, 11) is 0. The average molecular weight is 454 g/mol. The van der Waals surface area contributed by atoms with Gasteiger partial charge in [0.15, 0.2) is 29.0 Å². The Balaban J connectivity index is 1.72. The zero-order valence-corrected chi connectivity index (χ0v) is 16.3. The van der Waals surface area contributed by atoms with Crippen LogP contribution in [0.3, 0.4) is 0 Å². The van der Waals surface area contributed by atoms with Crippen LogP contribution in [0.4, 0.5) is 27.6 Å². The number of hydrogen-bond donors (Lipinski definition) is 1. The van der Waals surface area contributed by atoms with Crippen LogP contribution in [-0.4, -0.2) is 46.8 Å². The summed E-state index contributed by atoms with van der Waals surface area (Å²) in [6, 6.07) is 6.59. The molecule has 7 nitrogen and oxygen atoms in total. The third kappa shape index (κ3) is 3.71. The van der Waals surface area contributed by atoms with E-state index >= 15 is 0 Å². The molecular weight excluding hydrogens is 439 g/mol.